The minimum absolute atomic E-state index is 0.0171. The number of carbonyl (C=O) groups is 1. The Bertz CT molecular complexity index is 1280. The van der Waals surface area contributed by atoms with Gasteiger partial charge in [-0.25, -0.2) is 23.3 Å². The molecule has 1 heterocycles. The zero-order chi connectivity index (χ0) is 24.0. The summed E-state index contributed by atoms with van der Waals surface area (Å²) in [7, 11) is -0.757. The molecule has 3 aromatic rings. The first kappa shape index (κ1) is 24.3. The van der Waals surface area contributed by atoms with Gasteiger partial charge in [-0.3, -0.25) is 0 Å². The number of nitrogens with zero attached hydrogens (tertiary/aromatic N) is 2. The smallest absolute Gasteiger partial charge is 0.331 e. The van der Waals surface area contributed by atoms with Gasteiger partial charge in [0, 0.05) is 12.6 Å². The fourth-order valence-electron chi connectivity index (χ4n) is 3.32. The molecule has 0 saturated carbocycles. The number of esters is 1. The maximum Gasteiger partial charge on any atom is 0.331 e. The standard InChI is InChI=1S/C23H27N3O6S/c1-4-5-12-26-19-9-8-17(33(24,28)29)14-18(19)25-22(26)15-32-23(27)11-7-16-6-10-20(30-2)21(13-16)31-3/h6-11,13-14H,4-5,12,15H2,1-3H3,(H2,24,28,29)/b11-7+. The van der Waals surface area contributed by atoms with Crippen LogP contribution in [0.5, 0.6) is 11.5 Å². The van der Waals surface area contributed by atoms with E-state index in [-0.39, 0.29) is 11.5 Å². The Kier molecular flexibility index (Phi) is 7.72. The highest BCUT2D eigenvalue weighted by Crippen LogP contribution is 2.28. The molecule has 0 bridgehead atoms. The van der Waals surface area contributed by atoms with E-state index in [9.17, 15) is 13.2 Å². The molecule has 0 unspecified atom stereocenters. The van der Waals surface area contributed by atoms with Gasteiger partial charge in [-0.2, -0.15) is 0 Å². The maximum absolute atomic E-state index is 12.3. The maximum atomic E-state index is 12.3. The third-order valence-corrected chi connectivity index (χ3v) is 5.94. The molecular formula is C23H27N3O6S. The summed E-state index contributed by atoms with van der Waals surface area (Å²) in [5.74, 6) is 1.13. The molecule has 1 aromatic heterocycles. The summed E-state index contributed by atoms with van der Waals surface area (Å²) in [6.45, 7) is 2.67. The lowest BCUT2D eigenvalue weighted by Gasteiger charge is -2.09. The number of benzene rings is 2. The summed E-state index contributed by atoms with van der Waals surface area (Å²) >= 11 is 0. The molecule has 176 valence electrons. The Labute approximate surface area is 192 Å². The van der Waals surface area contributed by atoms with Crippen molar-refractivity contribution < 1.29 is 27.4 Å². The predicted octanol–water partition coefficient (Wildman–Crippen LogP) is 3.26. The third kappa shape index (κ3) is 5.91. The summed E-state index contributed by atoms with van der Waals surface area (Å²) in [6.07, 6.45) is 4.78. The van der Waals surface area contributed by atoms with E-state index >= 15 is 0 Å². The molecule has 0 radical (unpaired) electrons. The SMILES string of the molecule is CCCCn1c(COC(=O)/C=C/c2ccc(OC)c(OC)c2)nc2cc(S(N)(=O)=O)ccc21. The number of imidazole rings is 1. The first-order chi connectivity index (χ1) is 15.8. The van der Waals surface area contributed by atoms with Crippen LogP contribution in [0.2, 0.25) is 0 Å². The second kappa shape index (κ2) is 10.5. The lowest BCUT2D eigenvalue weighted by molar-refractivity contribution is -0.139. The van der Waals surface area contributed by atoms with Crippen molar-refractivity contribution in [1.29, 1.82) is 0 Å². The van der Waals surface area contributed by atoms with E-state index in [2.05, 4.69) is 11.9 Å². The molecule has 3 rings (SSSR count). The number of hydrogen-bond donors (Lipinski definition) is 1. The number of aromatic nitrogens is 2. The number of sulfonamides is 1. The van der Waals surface area contributed by atoms with Crippen LogP contribution < -0.4 is 14.6 Å². The quantitative estimate of drug-likeness (QED) is 0.354. The highest BCUT2D eigenvalue weighted by Gasteiger charge is 2.15. The van der Waals surface area contributed by atoms with Crippen LogP contribution in [0.1, 0.15) is 31.2 Å². The van der Waals surface area contributed by atoms with Gasteiger partial charge in [-0.15, -0.1) is 0 Å². The second-order valence-corrected chi connectivity index (χ2v) is 8.85. The molecule has 0 amide bonds. The van der Waals surface area contributed by atoms with Crippen LogP contribution in [0, 0.1) is 0 Å². The number of nitrogens with two attached hydrogens (primary N) is 1. The van der Waals surface area contributed by atoms with Crippen LogP contribution in [0.4, 0.5) is 0 Å². The van der Waals surface area contributed by atoms with E-state index in [0.717, 1.165) is 23.9 Å². The lowest BCUT2D eigenvalue weighted by Crippen LogP contribution is -2.11. The predicted molar refractivity (Wildman–Crippen MR) is 124 cm³/mol. The topological polar surface area (TPSA) is 123 Å². The number of carbonyl (C=O) groups excluding carboxylic acids is 1. The fourth-order valence-corrected chi connectivity index (χ4v) is 3.85. The van der Waals surface area contributed by atoms with E-state index in [1.165, 1.54) is 25.3 Å². The summed E-state index contributed by atoms with van der Waals surface area (Å²) < 4.78 is 41.1. The molecule has 0 aliphatic rings. The number of hydrogen-bond acceptors (Lipinski definition) is 7. The van der Waals surface area contributed by atoms with Crippen LogP contribution in [-0.4, -0.2) is 38.2 Å². The Balaban J connectivity index is 1.77. The van der Waals surface area contributed by atoms with Crippen molar-refractivity contribution in [2.75, 3.05) is 14.2 Å². The van der Waals surface area contributed by atoms with Crippen LogP contribution in [0.3, 0.4) is 0 Å². The van der Waals surface area contributed by atoms with Crippen LogP contribution >= 0.6 is 0 Å². The highest BCUT2D eigenvalue weighted by atomic mass is 32.2. The number of unbranched alkanes of at least 4 members (excludes halogenated alkanes) is 1. The molecule has 2 N–H and O–H groups in total. The number of fused-ring (bicyclic) bond motifs is 1. The molecular weight excluding hydrogens is 446 g/mol. The zero-order valence-electron chi connectivity index (χ0n) is 18.8. The van der Waals surface area contributed by atoms with Gasteiger partial charge in [0.1, 0.15) is 12.4 Å². The summed E-state index contributed by atoms with van der Waals surface area (Å²) in [6, 6.07) is 9.82. The van der Waals surface area contributed by atoms with Gasteiger partial charge in [0.15, 0.2) is 11.5 Å². The molecule has 9 nitrogen and oxygen atoms in total. The average molecular weight is 474 g/mol. The van der Waals surface area contributed by atoms with Gasteiger partial charge in [0.25, 0.3) is 0 Å². The van der Waals surface area contributed by atoms with Crippen molar-refractivity contribution in [3.63, 3.8) is 0 Å². The third-order valence-electron chi connectivity index (χ3n) is 5.03. The molecule has 10 heteroatoms. The zero-order valence-corrected chi connectivity index (χ0v) is 19.6. The highest BCUT2D eigenvalue weighted by molar-refractivity contribution is 7.89. The average Bonchev–Trinajstić information content (AvgIpc) is 3.15. The van der Waals surface area contributed by atoms with Crippen molar-refractivity contribution in [2.24, 2.45) is 5.14 Å². The van der Waals surface area contributed by atoms with E-state index < -0.39 is 16.0 Å². The van der Waals surface area contributed by atoms with Crippen molar-refractivity contribution >= 4 is 33.1 Å². The largest absolute Gasteiger partial charge is 0.493 e. The van der Waals surface area contributed by atoms with Gasteiger partial charge < -0.3 is 18.8 Å². The Morgan fingerprint density at radius 2 is 1.88 bits per heavy atom. The van der Waals surface area contributed by atoms with Crippen molar-refractivity contribution in [1.82, 2.24) is 9.55 Å². The minimum Gasteiger partial charge on any atom is -0.493 e. The Morgan fingerprint density at radius 3 is 2.55 bits per heavy atom. The first-order valence-corrected chi connectivity index (χ1v) is 11.9. The molecule has 0 spiro atoms. The van der Waals surface area contributed by atoms with Crippen LogP contribution in [0.25, 0.3) is 17.1 Å². The van der Waals surface area contributed by atoms with Gasteiger partial charge in [0.05, 0.1) is 30.1 Å². The van der Waals surface area contributed by atoms with Crippen molar-refractivity contribution in [3.8, 4) is 11.5 Å². The van der Waals surface area contributed by atoms with Crippen molar-refractivity contribution in [2.45, 2.75) is 37.8 Å². The molecule has 2 aromatic carbocycles. The van der Waals surface area contributed by atoms with Crippen LogP contribution in [0.15, 0.2) is 47.4 Å². The monoisotopic (exact) mass is 473 g/mol. The number of primary sulfonamides is 1. The number of ether oxygens (including phenoxy) is 3. The van der Waals surface area contributed by atoms with E-state index in [0.29, 0.717) is 29.4 Å². The first-order valence-electron chi connectivity index (χ1n) is 10.4. The van der Waals surface area contributed by atoms with E-state index in [1.807, 2.05) is 4.57 Å². The molecule has 33 heavy (non-hydrogen) atoms. The summed E-state index contributed by atoms with van der Waals surface area (Å²) in [5.41, 5.74) is 1.97. The van der Waals surface area contributed by atoms with E-state index in [4.69, 9.17) is 19.3 Å². The number of rotatable bonds is 10. The lowest BCUT2D eigenvalue weighted by atomic mass is 10.2. The molecule has 0 aliphatic carbocycles. The molecule has 0 saturated heterocycles. The van der Waals surface area contributed by atoms with Gasteiger partial charge in [-0.05, 0) is 48.4 Å². The second-order valence-electron chi connectivity index (χ2n) is 7.28. The summed E-state index contributed by atoms with van der Waals surface area (Å²) in [4.78, 5) is 16.8. The number of aryl methyl sites for hydroxylation is 1. The van der Waals surface area contributed by atoms with Gasteiger partial charge in [0.2, 0.25) is 10.0 Å². The molecule has 0 fully saturated rings. The van der Waals surface area contributed by atoms with Crippen LogP contribution in [-0.2, 0) is 32.7 Å². The number of methoxy groups -OCH3 is 2. The minimum atomic E-state index is -3.84. The Morgan fingerprint density at radius 1 is 1.12 bits per heavy atom. The fraction of sp³-hybridized carbons (Fsp3) is 0.304. The Hall–Kier alpha value is -3.37. The molecule has 0 atom stereocenters. The van der Waals surface area contributed by atoms with E-state index in [1.54, 1.807) is 37.5 Å². The molecule has 0 aliphatic heterocycles. The summed E-state index contributed by atoms with van der Waals surface area (Å²) in [5, 5.41) is 5.23. The normalized spacial score (nSPS) is 11.8. The van der Waals surface area contributed by atoms with Crippen molar-refractivity contribution in [3.05, 3.63) is 53.9 Å². The van der Waals surface area contributed by atoms with Gasteiger partial charge >= 0.3 is 5.97 Å². The van der Waals surface area contributed by atoms with Gasteiger partial charge in [-0.1, -0.05) is 19.4 Å².